The van der Waals surface area contributed by atoms with Gasteiger partial charge in [-0.3, -0.25) is 9.98 Å². The minimum Gasteiger partial charge on any atom is -0.466 e. The molecule has 8 nitrogen and oxygen atoms in total. The highest BCUT2D eigenvalue weighted by Gasteiger charge is 2.06. The van der Waals surface area contributed by atoms with E-state index >= 15 is 0 Å². The third-order valence-electron chi connectivity index (χ3n) is 6.84. The molecule has 5 rings (SSSR count). The molecule has 0 spiro atoms. The number of esters is 1. The average Bonchev–Trinajstić information content (AvgIpc) is 3.05. The SMILES string of the molecule is COC(=O)/C(C)=C/c1ccc(Oc2ccc(NC(=NCCCNc3ccnc4cc(Cl)ccc34)Nc3cccc(Cl)c3)cc2)cc1. The van der Waals surface area contributed by atoms with Crippen molar-refractivity contribution in [2.24, 2.45) is 4.99 Å². The lowest BCUT2D eigenvalue weighted by Crippen LogP contribution is -2.22. The van der Waals surface area contributed by atoms with E-state index in [0.29, 0.717) is 39.6 Å². The van der Waals surface area contributed by atoms with Crippen LogP contribution in [0.5, 0.6) is 11.5 Å². The molecule has 0 radical (unpaired) electrons. The molecule has 5 aromatic rings. The molecule has 10 heteroatoms. The van der Waals surface area contributed by atoms with E-state index in [1.54, 1.807) is 19.2 Å². The first-order valence-electron chi connectivity index (χ1n) is 14.6. The normalized spacial score (nSPS) is 11.7. The molecular weight excluding hydrogens is 621 g/mol. The molecule has 3 N–H and O–H groups in total. The summed E-state index contributed by atoms with van der Waals surface area (Å²) in [4.78, 5) is 20.9. The fourth-order valence-electron chi connectivity index (χ4n) is 4.56. The largest absolute Gasteiger partial charge is 0.466 e. The summed E-state index contributed by atoms with van der Waals surface area (Å²) >= 11 is 12.3. The van der Waals surface area contributed by atoms with Crippen LogP contribution in [0.4, 0.5) is 17.1 Å². The molecule has 0 fully saturated rings. The lowest BCUT2D eigenvalue weighted by Gasteiger charge is -2.14. The zero-order valence-electron chi connectivity index (χ0n) is 25.4. The monoisotopic (exact) mass is 653 g/mol. The zero-order valence-corrected chi connectivity index (χ0v) is 26.9. The van der Waals surface area contributed by atoms with Gasteiger partial charge in [0.05, 0.1) is 12.6 Å². The summed E-state index contributed by atoms with van der Waals surface area (Å²) in [5.74, 6) is 1.59. The molecule has 1 aromatic heterocycles. The lowest BCUT2D eigenvalue weighted by molar-refractivity contribution is -0.135. The molecule has 4 aromatic carbocycles. The van der Waals surface area contributed by atoms with Crippen molar-refractivity contribution in [3.63, 3.8) is 0 Å². The van der Waals surface area contributed by atoms with E-state index in [1.165, 1.54) is 7.11 Å². The van der Waals surface area contributed by atoms with Crippen LogP contribution in [0.3, 0.4) is 0 Å². The molecule has 0 saturated heterocycles. The first-order valence-corrected chi connectivity index (χ1v) is 15.4. The van der Waals surface area contributed by atoms with Crippen LogP contribution >= 0.6 is 23.2 Å². The number of nitrogens with zero attached hydrogens (tertiary/aromatic N) is 2. The number of methoxy groups -OCH3 is 1. The molecule has 0 saturated carbocycles. The Morgan fingerprint density at radius 1 is 0.870 bits per heavy atom. The minimum absolute atomic E-state index is 0.358. The van der Waals surface area contributed by atoms with Crippen LogP contribution in [0.2, 0.25) is 10.0 Å². The van der Waals surface area contributed by atoms with Crippen LogP contribution in [-0.2, 0) is 9.53 Å². The third kappa shape index (κ3) is 9.23. The van der Waals surface area contributed by atoms with Crippen molar-refractivity contribution in [2.45, 2.75) is 13.3 Å². The van der Waals surface area contributed by atoms with E-state index < -0.39 is 0 Å². The number of rotatable bonds is 11. The van der Waals surface area contributed by atoms with Gasteiger partial charge in [0.2, 0.25) is 0 Å². The van der Waals surface area contributed by atoms with Gasteiger partial charge in [-0.05, 0) is 104 Å². The van der Waals surface area contributed by atoms with E-state index in [9.17, 15) is 4.79 Å². The number of hydrogen-bond donors (Lipinski definition) is 3. The maximum Gasteiger partial charge on any atom is 0.333 e. The first kappa shape index (κ1) is 32.3. The van der Waals surface area contributed by atoms with Gasteiger partial charge < -0.3 is 25.4 Å². The Balaban J connectivity index is 1.20. The van der Waals surface area contributed by atoms with E-state index in [1.807, 2.05) is 97.1 Å². The minimum atomic E-state index is -0.358. The number of nitrogens with one attached hydrogen (secondary N) is 3. The number of ether oxygens (including phenoxy) is 2. The molecule has 46 heavy (non-hydrogen) atoms. The van der Waals surface area contributed by atoms with Crippen LogP contribution in [0.15, 0.2) is 114 Å². The average molecular weight is 655 g/mol. The Morgan fingerprint density at radius 3 is 2.33 bits per heavy atom. The van der Waals surface area contributed by atoms with Crippen LogP contribution < -0.4 is 20.7 Å². The van der Waals surface area contributed by atoms with Crippen molar-refractivity contribution >= 4 is 69.2 Å². The predicted octanol–water partition coefficient (Wildman–Crippen LogP) is 9.29. The standard InChI is InChI=1S/C36H33Cl2N5O3/c1-24(35(44)45-2)21-25-7-12-30(13-8-25)46-31-14-10-28(11-15-31)42-36(43-29-6-3-5-26(37)22-29)41-19-4-18-39-33-17-20-40-34-23-27(38)9-16-32(33)34/h3,5-17,20-23H,4,18-19H2,1-2H3,(H,39,40)(H2,41,42,43)/b24-21+. The molecule has 0 aliphatic heterocycles. The molecule has 0 atom stereocenters. The van der Waals surface area contributed by atoms with Crippen molar-refractivity contribution in [1.29, 1.82) is 0 Å². The highest BCUT2D eigenvalue weighted by atomic mass is 35.5. The van der Waals surface area contributed by atoms with Gasteiger partial charge in [-0.1, -0.05) is 41.4 Å². The van der Waals surface area contributed by atoms with E-state index in [0.717, 1.165) is 46.5 Å². The number of aromatic nitrogens is 1. The van der Waals surface area contributed by atoms with Gasteiger partial charge in [0.25, 0.3) is 0 Å². The molecule has 234 valence electrons. The van der Waals surface area contributed by atoms with Gasteiger partial charge in [0.15, 0.2) is 5.96 Å². The van der Waals surface area contributed by atoms with Gasteiger partial charge in [-0.2, -0.15) is 0 Å². The Labute approximate surface area is 278 Å². The quantitative estimate of drug-likeness (QED) is 0.0430. The molecule has 0 aliphatic carbocycles. The maximum absolute atomic E-state index is 11.7. The highest BCUT2D eigenvalue weighted by molar-refractivity contribution is 6.31. The number of carbonyl (C=O) groups is 1. The van der Waals surface area contributed by atoms with Gasteiger partial charge in [-0.25, -0.2) is 4.79 Å². The van der Waals surface area contributed by atoms with Gasteiger partial charge in [0, 0.05) is 57.4 Å². The summed E-state index contributed by atoms with van der Waals surface area (Å²) < 4.78 is 10.8. The van der Waals surface area contributed by atoms with Crippen LogP contribution in [0, 0.1) is 0 Å². The van der Waals surface area contributed by atoms with Crippen LogP contribution in [-0.4, -0.2) is 37.1 Å². The summed E-state index contributed by atoms with van der Waals surface area (Å²) in [6, 6.07) is 30.2. The fraction of sp³-hybridized carbons (Fsp3) is 0.139. The number of pyridine rings is 1. The Morgan fingerprint density at radius 2 is 1.59 bits per heavy atom. The van der Waals surface area contributed by atoms with Crippen LogP contribution in [0.25, 0.3) is 17.0 Å². The second kappa shape index (κ2) is 15.8. The van der Waals surface area contributed by atoms with Crippen molar-refractivity contribution < 1.29 is 14.3 Å². The van der Waals surface area contributed by atoms with Gasteiger partial charge >= 0.3 is 5.97 Å². The fourth-order valence-corrected chi connectivity index (χ4v) is 4.92. The topological polar surface area (TPSA) is 96.9 Å². The smallest absolute Gasteiger partial charge is 0.333 e. The first-order chi connectivity index (χ1) is 22.4. The maximum atomic E-state index is 11.7. The zero-order chi connectivity index (χ0) is 32.3. The van der Waals surface area contributed by atoms with Gasteiger partial charge in [0.1, 0.15) is 11.5 Å². The lowest BCUT2D eigenvalue weighted by atomic mass is 10.1. The molecule has 0 aliphatic rings. The summed E-state index contributed by atoms with van der Waals surface area (Å²) in [7, 11) is 1.37. The van der Waals surface area contributed by atoms with Crippen molar-refractivity contribution in [2.75, 3.05) is 36.1 Å². The van der Waals surface area contributed by atoms with Gasteiger partial charge in [-0.15, -0.1) is 0 Å². The van der Waals surface area contributed by atoms with E-state index in [-0.39, 0.29) is 5.97 Å². The van der Waals surface area contributed by atoms with Crippen molar-refractivity contribution in [3.05, 3.63) is 124 Å². The summed E-state index contributed by atoms with van der Waals surface area (Å²) in [6.45, 7) is 3.01. The summed E-state index contributed by atoms with van der Waals surface area (Å²) in [6.07, 6.45) is 4.34. The molecule has 0 amide bonds. The van der Waals surface area contributed by atoms with E-state index in [4.69, 9.17) is 37.7 Å². The molecule has 1 heterocycles. The number of fused-ring (bicyclic) bond motifs is 1. The molecular formula is C36H33Cl2N5O3. The summed E-state index contributed by atoms with van der Waals surface area (Å²) in [5, 5.41) is 12.5. The van der Waals surface area contributed by atoms with Crippen molar-refractivity contribution in [1.82, 2.24) is 4.98 Å². The number of aliphatic imine (C=N–C) groups is 1. The second-order valence-electron chi connectivity index (χ2n) is 10.3. The second-order valence-corrected chi connectivity index (χ2v) is 11.2. The number of halogens is 2. The third-order valence-corrected chi connectivity index (χ3v) is 7.31. The molecule has 0 bridgehead atoms. The highest BCUT2D eigenvalue weighted by Crippen LogP contribution is 2.26. The van der Waals surface area contributed by atoms with Crippen molar-refractivity contribution in [3.8, 4) is 11.5 Å². The Bertz CT molecular complexity index is 1860. The number of hydrogen-bond acceptors (Lipinski definition) is 6. The number of anilines is 3. The number of carbonyl (C=O) groups excluding carboxylic acids is 1. The van der Waals surface area contributed by atoms with E-state index in [2.05, 4.69) is 20.9 Å². The van der Waals surface area contributed by atoms with Crippen LogP contribution in [0.1, 0.15) is 18.9 Å². The predicted molar refractivity (Wildman–Crippen MR) is 189 cm³/mol. The Hall–Kier alpha value is -5.05. The summed E-state index contributed by atoms with van der Waals surface area (Å²) in [5.41, 5.74) is 4.90. The number of benzene rings is 4. The number of guanidine groups is 1. The Kier molecular flexibility index (Phi) is 11.1. The molecule has 0 unspecified atom stereocenters.